The van der Waals surface area contributed by atoms with Gasteiger partial charge in [-0.2, -0.15) is 5.10 Å². The van der Waals surface area contributed by atoms with Crippen molar-refractivity contribution in [2.45, 2.75) is 39.8 Å². The lowest BCUT2D eigenvalue weighted by molar-refractivity contribution is 0.561. The standard InChI is InChI=1S/C13H20N4S/c1-4-6-14-10(3)12-9-18-13(16-12)11-7-15-17(5-2)8-11/h7-10,14H,4-6H2,1-3H3. The summed E-state index contributed by atoms with van der Waals surface area (Å²) in [4.78, 5) is 4.68. The Morgan fingerprint density at radius 2 is 2.28 bits per heavy atom. The van der Waals surface area contributed by atoms with Gasteiger partial charge in [-0.15, -0.1) is 11.3 Å². The number of nitrogens with zero attached hydrogens (tertiary/aromatic N) is 3. The largest absolute Gasteiger partial charge is 0.309 e. The number of aromatic nitrogens is 3. The number of hydrogen-bond donors (Lipinski definition) is 1. The second-order valence-electron chi connectivity index (χ2n) is 4.34. The van der Waals surface area contributed by atoms with Gasteiger partial charge in [-0.25, -0.2) is 4.98 Å². The van der Waals surface area contributed by atoms with E-state index in [4.69, 9.17) is 0 Å². The van der Waals surface area contributed by atoms with Gasteiger partial charge in [-0.05, 0) is 26.8 Å². The lowest BCUT2D eigenvalue weighted by Gasteiger charge is -2.09. The third-order valence-electron chi connectivity index (χ3n) is 2.87. The van der Waals surface area contributed by atoms with Crippen LogP contribution in [0.15, 0.2) is 17.8 Å². The van der Waals surface area contributed by atoms with E-state index in [1.165, 1.54) is 0 Å². The molecular formula is C13H20N4S. The van der Waals surface area contributed by atoms with Crippen LogP contribution in [0.5, 0.6) is 0 Å². The molecule has 0 aliphatic carbocycles. The van der Waals surface area contributed by atoms with Crippen molar-refractivity contribution >= 4 is 11.3 Å². The first-order valence-corrected chi connectivity index (χ1v) is 7.34. The monoisotopic (exact) mass is 264 g/mol. The Bertz CT molecular complexity index is 489. The highest BCUT2D eigenvalue weighted by atomic mass is 32.1. The smallest absolute Gasteiger partial charge is 0.126 e. The molecule has 0 aliphatic rings. The third-order valence-corrected chi connectivity index (χ3v) is 3.78. The van der Waals surface area contributed by atoms with Crippen molar-refractivity contribution in [3.63, 3.8) is 0 Å². The van der Waals surface area contributed by atoms with Crippen molar-refractivity contribution in [2.24, 2.45) is 0 Å². The fourth-order valence-corrected chi connectivity index (χ4v) is 2.62. The molecule has 0 aromatic carbocycles. The van der Waals surface area contributed by atoms with Gasteiger partial charge in [0.05, 0.1) is 11.9 Å². The molecule has 0 fully saturated rings. The fraction of sp³-hybridized carbons (Fsp3) is 0.538. The maximum Gasteiger partial charge on any atom is 0.126 e. The first-order chi connectivity index (χ1) is 8.74. The van der Waals surface area contributed by atoms with Crippen LogP contribution in [0.3, 0.4) is 0 Å². The van der Waals surface area contributed by atoms with E-state index in [0.29, 0.717) is 6.04 Å². The van der Waals surface area contributed by atoms with Crippen molar-refractivity contribution in [3.8, 4) is 10.6 Å². The van der Waals surface area contributed by atoms with Crippen molar-refractivity contribution in [1.82, 2.24) is 20.1 Å². The molecule has 0 radical (unpaired) electrons. The van der Waals surface area contributed by atoms with Crippen LogP contribution in [-0.2, 0) is 6.54 Å². The number of thiazole rings is 1. The summed E-state index contributed by atoms with van der Waals surface area (Å²) in [6.07, 6.45) is 5.08. The molecule has 4 nitrogen and oxygen atoms in total. The summed E-state index contributed by atoms with van der Waals surface area (Å²) < 4.78 is 1.93. The Balaban J connectivity index is 2.09. The van der Waals surface area contributed by atoms with Crippen LogP contribution >= 0.6 is 11.3 Å². The number of aryl methyl sites for hydroxylation is 1. The van der Waals surface area contributed by atoms with Crippen molar-refractivity contribution in [1.29, 1.82) is 0 Å². The Morgan fingerprint density at radius 3 is 2.94 bits per heavy atom. The maximum atomic E-state index is 4.68. The SMILES string of the molecule is CCCNC(C)c1csc(-c2cnn(CC)c2)n1. The summed E-state index contributed by atoms with van der Waals surface area (Å²) in [7, 11) is 0. The quantitative estimate of drug-likeness (QED) is 0.872. The molecule has 0 amide bonds. The number of rotatable bonds is 6. The molecule has 0 saturated carbocycles. The molecule has 2 aromatic heterocycles. The topological polar surface area (TPSA) is 42.7 Å². The van der Waals surface area contributed by atoms with E-state index >= 15 is 0 Å². The summed E-state index contributed by atoms with van der Waals surface area (Å²) in [5.74, 6) is 0. The fourth-order valence-electron chi connectivity index (χ4n) is 1.73. The summed E-state index contributed by atoms with van der Waals surface area (Å²) in [6, 6.07) is 0.316. The Kier molecular flexibility index (Phi) is 4.49. The van der Waals surface area contributed by atoms with E-state index < -0.39 is 0 Å². The average molecular weight is 264 g/mol. The predicted octanol–water partition coefficient (Wildman–Crippen LogP) is 3.09. The molecule has 1 atom stereocenters. The Morgan fingerprint density at radius 1 is 1.44 bits per heavy atom. The molecule has 0 spiro atoms. The minimum atomic E-state index is 0.316. The van der Waals surface area contributed by atoms with E-state index in [0.717, 1.165) is 35.8 Å². The van der Waals surface area contributed by atoms with Crippen LogP contribution in [0.1, 0.15) is 38.9 Å². The van der Waals surface area contributed by atoms with Gasteiger partial charge in [0.2, 0.25) is 0 Å². The van der Waals surface area contributed by atoms with Gasteiger partial charge < -0.3 is 5.32 Å². The van der Waals surface area contributed by atoms with Crippen LogP contribution in [0.2, 0.25) is 0 Å². The molecule has 0 aliphatic heterocycles. The average Bonchev–Trinajstić information content (AvgIpc) is 3.03. The van der Waals surface area contributed by atoms with Gasteiger partial charge >= 0.3 is 0 Å². The molecule has 2 heterocycles. The highest BCUT2D eigenvalue weighted by Crippen LogP contribution is 2.25. The minimum Gasteiger partial charge on any atom is -0.309 e. The zero-order valence-electron chi connectivity index (χ0n) is 11.2. The van der Waals surface area contributed by atoms with Gasteiger partial charge in [0.15, 0.2) is 0 Å². The lowest BCUT2D eigenvalue weighted by Crippen LogP contribution is -2.19. The highest BCUT2D eigenvalue weighted by Gasteiger charge is 2.11. The summed E-state index contributed by atoms with van der Waals surface area (Å²) in [6.45, 7) is 8.34. The van der Waals surface area contributed by atoms with E-state index in [9.17, 15) is 0 Å². The molecule has 18 heavy (non-hydrogen) atoms. The van der Waals surface area contributed by atoms with E-state index in [1.54, 1.807) is 11.3 Å². The van der Waals surface area contributed by atoms with E-state index in [-0.39, 0.29) is 0 Å². The van der Waals surface area contributed by atoms with Crippen molar-refractivity contribution < 1.29 is 0 Å². The molecule has 2 aromatic rings. The van der Waals surface area contributed by atoms with Crippen molar-refractivity contribution in [2.75, 3.05) is 6.54 Å². The Hall–Kier alpha value is -1.20. The zero-order chi connectivity index (χ0) is 13.0. The first kappa shape index (κ1) is 13.2. The van der Waals surface area contributed by atoms with Crippen LogP contribution in [0.4, 0.5) is 0 Å². The summed E-state index contributed by atoms with van der Waals surface area (Å²) in [5.41, 5.74) is 2.23. The van der Waals surface area contributed by atoms with E-state index in [2.05, 4.69) is 41.6 Å². The molecule has 1 N–H and O–H groups in total. The van der Waals surface area contributed by atoms with Gasteiger partial charge in [0.25, 0.3) is 0 Å². The van der Waals surface area contributed by atoms with Gasteiger partial charge in [-0.1, -0.05) is 6.92 Å². The van der Waals surface area contributed by atoms with Crippen LogP contribution in [0.25, 0.3) is 10.6 Å². The Labute approximate surface area is 112 Å². The third kappa shape index (κ3) is 2.97. The lowest BCUT2D eigenvalue weighted by atomic mass is 10.2. The van der Waals surface area contributed by atoms with Crippen LogP contribution in [0, 0.1) is 0 Å². The second kappa shape index (κ2) is 6.11. The van der Waals surface area contributed by atoms with Gasteiger partial charge in [-0.3, -0.25) is 4.68 Å². The maximum absolute atomic E-state index is 4.68. The molecule has 0 saturated heterocycles. The summed E-state index contributed by atoms with van der Waals surface area (Å²) >= 11 is 1.68. The highest BCUT2D eigenvalue weighted by molar-refractivity contribution is 7.13. The predicted molar refractivity (Wildman–Crippen MR) is 75.7 cm³/mol. The van der Waals surface area contributed by atoms with Crippen LogP contribution < -0.4 is 5.32 Å². The summed E-state index contributed by atoms with van der Waals surface area (Å²) in [5, 5.41) is 10.9. The molecule has 2 rings (SSSR count). The molecular weight excluding hydrogens is 244 g/mol. The normalized spacial score (nSPS) is 12.8. The van der Waals surface area contributed by atoms with Gasteiger partial charge in [0.1, 0.15) is 5.01 Å². The van der Waals surface area contributed by atoms with Crippen LogP contribution in [-0.4, -0.2) is 21.3 Å². The molecule has 98 valence electrons. The number of hydrogen-bond acceptors (Lipinski definition) is 4. The number of nitrogens with one attached hydrogen (secondary N) is 1. The van der Waals surface area contributed by atoms with Gasteiger partial charge in [0, 0.05) is 29.7 Å². The zero-order valence-corrected chi connectivity index (χ0v) is 12.0. The molecule has 5 heteroatoms. The second-order valence-corrected chi connectivity index (χ2v) is 5.20. The van der Waals surface area contributed by atoms with E-state index in [1.807, 2.05) is 17.1 Å². The molecule has 1 unspecified atom stereocenters. The first-order valence-electron chi connectivity index (χ1n) is 6.46. The molecule has 0 bridgehead atoms. The van der Waals surface area contributed by atoms with Crippen molar-refractivity contribution in [3.05, 3.63) is 23.5 Å². The minimum absolute atomic E-state index is 0.316.